The van der Waals surface area contributed by atoms with Gasteiger partial charge < -0.3 is 10.5 Å². The van der Waals surface area contributed by atoms with Crippen molar-refractivity contribution in [2.45, 2.75) is 0 Å². The number of nitrogen functional groups attached to an aromatic ring is 1. The number of nitrogens with zero attached hydrogens (tertiary/aromatic N) is 1. The molecule has 0 radical (unpaired) electrons. The predicted octanol–water partition coefficient (Wildman–Crippen LogP) is 1.78. The van der Waals surface area contributed by atoms with E-state index in [1.54, 1.807) is 0 Å². The summed E-state index contributed by atoms with van der Waals surface area (Å²) in [5, 5.41) is 0.218. The molecule has 0 saturated carbocycles. The molecule has 2 aromatic rings. The number of halogens is 1. The molecule has 1 aromatic heterocycles. The van der Waals surface area contributed by atoms with E-state index < -0.39 is 5.82 Å². The molecule has 0 fully saturated rings. The Morgan fingerprint density at radius 3 is 2.88 bits per heavy atom. The Hall–Kier alpha value is -2.17. The zero-order valence-electron chi connectivity index (χ0n) is 8.53. The summed E-state index contributed by atoms with van der Waals surface area (Å²) in [5.41, 5.74) is 6.03. The monoisotopic (exact) mass is 220 g/mol. The molecule has 2 N–H and O–H groups in total. The van der Waals surface area contributed by atoms with Crippen LogP contribution in [0.2, 0.25) is 0 Å². The second-order valence-corrected chi connectivity index (χ2v) is 3.23. The number of anilines is 1. The number of rotatable bonds is 2. The molecule has 1 heterocycles. The topological polar surface area (TPSA) is 65.2 Å². The van der Waals surface area contributed by atoms with Crippen LogP contribution in [-0.4, -0.2) is 18.4 Å². The summed E-state index contributed by atoms with van der Waals surface area (Å²) in [5.74, 6) is 0.0124. The van der Waals surface area contributed by atoms with Gasteiger partial charge in [0.2, 0.25) is 0 Å². The molecule has 2 rings (SSSR count). The maximum Gasteiger partial charge on any atom is 0.153 e. The fourth-order valence-electron chi connectivity index (χ4n) is 1.49. The number of ether oxygens (including phenoxy) is 1. The minimum absolute atomic E-state index is 0.0615. The van der Waals surface area contributed by atoms with Crippen molar-refractivity contribution in [1.82, 2.24) is 4.98 Å². The van der Waals surface area contributed by atoms with Gasteiger partial charge in [-0.3, -0.25) is 4.79 Å². The number of nitrogens with two attached hydrogens (primary N) is 1. The van der Waals surface area contributed by atoms with E-state index >= 15 is 0 Å². The number of carbonyl (C=O) groups is 1. The van der Waals surface area contributed by atoms with Crippen molar-refractivity contribution in [3.05, 3.63) is 29.6 Å². The van der Waals surface area contributed by atoms with E-state index in [4.69, 9.17) is 10.5 Å². The molecule has 82 valence electrons. The molecule has 0 saturated heterocycles. The summed E-state index contributed by atoms with van der Waals surface area (Å²) < 4.78 is 18.5. The summed E-state index contributed by atoms with van der Waals surface area (Å²) >= 11 is 0. The van der Waals surface area contributed by atoms with Gasteiger partial charge in [0.1, 0.15) is 22.9 Å². The zero-order chi connectivity index (χ0) is 11.7. The van der Waals surface area contributed by atoms with Crippen molar-refractivity contribution in [1.29, 1.82) is 0 Å². The highest BCUT2D eigenvalue weighted by Crippen LogP contribution is 2.28. The number of hydrogen-bond donors (Lipinski definition) is 1. The largest absolute Gasteiger partial charge is 0.494 e. The molecule has 0 aliphatic heterocycles. The molecule has 0 spiro atoms. The first kappa shape index (κ1) is 10.4. The highest BCUT2D eigenvalue weighted by molar-refractivity contribution is 5.93. The van der Waals surface area contributed by atoms with Crippen molar-refractivity contribution >= 4 is 23.0 Å². The van der Waals surface area contributed by atoms with Crippen LogP contribution in [0.1, 0.15) is 10.4 Å². The highest BCUT2D eigenvalue weighted by atomic mass is 19.1. The lowest BCUT2D eigenvalue weighted by Gasteiger charge is -2.07. The molecule has 0 amide bonds. The van der Waals surface area contributed by atoms with Crippen LogP contribution in [-0.2, 0) is 0 Å². The molecule has 0 bridgehead atoms. The molecule has 4 nitrogen and oxygen atoms in total. The number of pyridine rings is 1. The highest BCUT2D eigenvalue weighted by Gasteiger charge is 2.11. The lowest BCUT2D eigenvalue weighted by molar-refractivity contribution is 0.112. The molecule has 1 aromatic carbocycles. The number of aromatic nitrogens is 1. The van der Waals surface area contributed by atoms with Crippen LogP contribution in [0.15, 0.2) is 18.2 Å². The van der Waals surface area contributed by atoms with Gasteiger partial charge in [-0.1, -0.05) is 0 Å². The van der Waals surface area contributed by atoms with Gasteiger partial charge in [-0.15, -0.1) is 0 Å². The Balaban J connectivity index is 2.87. The normalized spacial score (nSPS) is 10.4. The van der Waals surface area contributed by atoms with E-state index in [2.05, 4.69) is 4.98 Å². The third-order valence-corrected chi connectivity index (χ3v) is 2.30. The average molecular weight is 220 g/mol. The quantitative estimate of drug-likeness (QED) is 0.783. The van der Waals surface area contributed by atoms with Gasteiger partial charge >= 0.3 is 0 Å². The summed E-state index contributed by atoms with van der Waals surface area (Å²) in [6.45, 7) is 0. The number of carbonyl (C=O) groups excluding carboxylic acids is 1. The van der Waals surface area contributed by atoms with E-state index in [0.29, 0.717) is 17.6 Å². The standard InChI is InChI=1S/C11H9FN2O2/c1-16-9-3-2-8(12)7-4-6(5-15)11(13)14-10(7)9/h2-5H,1H3,(H2,13,14). The lowest BCUT2D eigenvalue weighted by Crippen LogP contribution is -1.99. The van der Waals surface area contributed by atoms with Gasteiger partial charge in [0.25, 0.3) is 0 Å². The van der Waals surface area contributed by atoms with Crippen LogP contribution >= 0.6 is 0 Å². The van der Waals surface area contributed by atoms with E-state index in [0.717, 1.165) is 0 Å². The molecule has 5 heteroatoms. The second-order valence-electron chi connectivity index (χ2n) is 3.23. The maximum absolute atomic E-state index is 13.5. The van der Waals surface area contributed by atoms with Gasteiger partial charge in [-0.25, -0.2) is 9.37 Å². The fourth-order valence-corrected chi connectivity index (χ4v) is 1.49. The number of benzene rings is 1. The van der Waals surface area contributed by atoms with Crippen molar-refractivity contribution in [3.8, 4) is 5.75 Å². The van der Waals surface area contributed by atoms with E-state index in [1.807, 2.05) is 0 Å². The summed E-state index contributed by atoms with van der Waals surface area (Å²) in [6, 6.07) is 4.08. The Morgan fingerprint density at radius 1 is 1.50 bits per heavy atom. The Bertz CT molecular complexity index is 569. The molecule has 0 aliphatic carbocycles. The Kier molecular flexibility index (Phi) is 2.44. The first-order chi connectivity index (χ1) is 7.67. The van der Waals surface area contributed by atoms with Gasteiger partial charge in [-0.05, 0) is 18.2 Å². The first-order valence-electron chi connectivity index (χ1n) is 4.55. The molecular formula is C11H9FN2O2. The SMILES string of the molecule is COc1ccc(F)c2cc(C=O)c(N)nc12. The summed E-state index contributed by atoms with van der Waals surface area (Å²) in [6.07, 6.45) is 0.542. The fraction of sp³-hybridized carbons (Fsp3) is 0.0909. The Morgan fingerprint density at radius 2 is 2.25 bits per heavy atom. The molecule has 16 heavy (non-hydrogen) atoms. The van der Waals surface area contributed by atoms with Crippen LogP contribution < -0.4 is 10.5 Å². The van der Waals surface area contributed by atoms with Crippen LogP contribution in [0.25, 0.3) is 10.9 Å². The molecule has 0 unspecified atom stereocenters. The number of aldehydes is 1. The second kappa shape index (κ2) is 3.77. The van der Waals surface area contributed by atoms with Crippen molar-refractivity contribution < 1.29 is 13.9 Å². The van der Waals surface area contributed by atoms with Crippen molar-refractivity contribution in [2.24, 2.45) is 0 Å². The number of methoxy groups -OCH3 is 1. The minimum Gasteiger partial charge on any atom is -0.494 e. The van der Waals surface area contributed by atoms with Crippen molar-refractivity contribution in [2.75, 3.05) is 12.8 Å². The van der Waals surface area contributed by atoms with Crippen molar-refractivity contribution in [3.63, 3.8) is 0 Å². The smallest absolute Gasteiger partial charge is 0.153 e. The van der Waals surface area contributed by atoms with Crippen LogP contribution in [0.4, 0.5) is 10.2 Å². The zero-order valence-corrected chi connectivity index (χ0v) is 8.53. The lowest BCUT2D eigenvalue weighted by atomic mass is 10.1. The average Bonchev–Trinajstić information content (AvgIpc) is 2.29. The van der Waals surface area contributed by atoms with Gasteiger partial charge in [-0.2, -0.15) is 0 Å². The van der Waals surface area contributed by atoms with E-state index in [-0.39, 0.29) is 16.8 Å². The Labute approximate surface area is 90.8 Å². The van der Waals surface area contributed by atoms with Gasteiger partial charge in [0.05, 0.1) is 12.7 Å². The summed E-state index contributed by atoms with van der Waals surface area (Å²) in [4.78, 5) is 14.6. The molecule has 0 atom stereocenters. The van der Waals surface area contributed by atoms with Crippen LogP contribution in [0.5, 0.6) is 5.75 Å². The summed E-state index contributed by atoms with van der Waals surface area (Å²) in [7, 11) is 1.46. The van der Waals surface area contributed by atoms with Crippen LogP contribution in [0.3, 0.4) is 0 Å². The van der Waals surface area contributed by atoms with E-state index in [9.17, 15) is 9.18 Å². The van der Waals surface area contributed by atoms with Gasteiger partial charge in [0, 0.05) is 5.39 Å². The molecular weight excluding hydrogens is 211 g/mol. The third-order valence-electron chi connectivity index (χ3n) is 2.30. The van der Waals surface area contributed by atoms with Gasteiger partial charge in [0.15, 0.2) is 6.29 Å². The predicted molar refractivity (Wildman–Crippen MR) is 58.1 cm³/mol. The minimum atomic E-state index is -0.466. The van der Waals surface area contributed by atoms with Crippen LogP contribution in [0, 0.1) is 5.82 Å². The first-order valence-corrected chi connectivity index (χ1v) is 4.55. The number of hydrogen-bond acceptors (Lipinski definition) is 4. The molecule has 0 aliphatic rings. The number of fused-ring (bicyclic) bond motifs is 1. The maximum atomic E-state index is 13.5. The van der Waals surface area contributed by atoms with E-state index in [1.165, 1.54) is 25.3 Å². The third kappa shape index (κ3) is 1.46.